The van der Waals surface area contributed by atoms with Crippen molar-refractivity contribution in [2.75, 3.05) is 20.6 Å². The van der Waals surface area contributed by atoms with Gasteiger partial charge in [-0.15, -0.1) is 0 Å². The maximum Gasteiger partial charge on any atom is 0.208 e. The molecule has 1 aromatic heterocycles. The Morgan fingerprint density at radius 3 is 2.94 bits per heavy atom. The quantitative estimate of drug-likeness (QED) is 0.769. The molecule has 18 heavy (non-hydrogen) atoms. The second kappa shape index (κ2) is 5.67. The lowest BCUT2D eigenvalue weighted by molar-refractivity contribution is 0.102. The van der Waals surface area contributed by atoms with Crippen molar-refractivity contribution in [3.8, 4) is 0 Å². The van der Waals surface area contributed by atoms with Crippen LogP contribution in [0.1, 0.15) is 29.8 Å². The zero-order chi connectivity index (χ0) is 13.1. The summed E-state index contributed by atoms with van der Waals surface area (Å²) in [6.07, 6.45) is 6.48. The molecule has 5 heteroatoms. The molecule has 0 aromatic carbocycles. The topological polar surface area (TPSA) is 38.1 Å². The van der Waals surface area contributed by atoms with Gasteiger partial charge in [0.15, 0.2) is 0 Å². The van der Waals surface area contributed by atoms with Crippen molar-refractivity contribution in [2.24, 2.45) is 0 Å². The third-order valence-electron chi connectivity index (χ3n) is 3.10. The molecule has 0 atom stereocenters. The molecule has 98 valence electrons. The van der Waals surface area contributed by atoms with E-state index in [-0.39, 0.29) is 5.78 Å². The zero-order valence-corrected chi connectivity index (χ0v) is 11.6. The molecule has 0 spiro atoms. The van der Waals surface area contributed by atoms with Crippen molar-refractivity contribution in [1.29, 1.82) is 0 Å². The molecule has 4 nitrogen and oxygen atoms in total. The molecule has 0 amide bonds. The van der Waals surface area contributed by atoms with Crippen molar-refractivity contribution >= 4 is 17.4 Å². The van der Waals surface area contributed by atoms with E-state index in [9.17, 15) is 4.79 Å². The molecule has 1 aliphatic carbocycles. The number of aromatic nitrogens is 2. The molecule has 0 saturated heterocycles. The number of Topliss-reactive ketones (excluding diaryl/α,β-unsaturated/α-hetero) is 1. The molecular formula is C13H18ClN3O. The molecule has 1 aliphatic rings. The molecule has 0 saturated carbocycles. The predicted octanol–water partition coefficient (Wildman–Crippen LogP) is 2.39. The number of rotatable bonds is 5. The van der Waals surface area contributed by atoms with Gasteiger partial charge in [-0.2, -0.15) is 5.10 Å². The molecular weight excluding hydrogens is 250 g/mol. The van der Waals surface area contributed by atoms with Crippen LogP contribution in [0.3, 0.4) is 0 Å². The normalized spacial score (nSPS) is 15.2. The van der Waals surface area contributed by atoms with E-state index >= 15 is 0 Å². The van der Waals surface area contributed by atoms with Crippen LogP contribution in [-0.2, 0) is 6.54 Å². The van der Waals surface area contributed by atoms with Crippen LogP contribution in [0.5, 0.6) is 0 Å². The number of likely N-dealkylation sites (N-methyl/N-ethyl adjacent to an activating group) is 1. The Balaban J connectivity index is 2.20. The van der Waals surface area contributed by atoms with E-state index in [0.29, 0.717) is 17.3 Å². The highest BCUT2D eigenvalue weighted by atomic mass is 35.5. The van der Waals surface area contributed by atoms with Gasteiger partial charge < -0.3 is 4.90 Å². The Kier molecular flexibility index (Phi) is 4.19. The summed E-state index contributed by atoms with van der Waals surface area (Å²) in [6, 6.07) is 0. The summed E-state index contributed by atoms with van der Waals surface area (Å²) >= 11 is 6.09. The number of hydrogen-bond donors (Lipinski definition) is 0. The predicted molar refractivity (Wildman–Crippen MR) is 72.1 cm³/mol. The highest BCUT2D eigenvalue weighted by Gasteiger charge is 2.22. The van der Waals surface area contributed by atoms with Crippen molar-refractivity contribution < 1.29 is 4.79 Å². The molecule has 0 N–H and O–H groups in total. The van der Waals surface area contributed by atoms with E-state index in [2.05, 4.69) is 10.00 Å². The zero-order valence-electron chi connectivity index (χ0n) is 10.8. The Morgan fingerprint density at radius 2 is 2.33 bits per heavy atom. The van der Waals surface area contributed by atoms with Gasteiger partial charge in [0, 0.05) is 6.54 Å². The summed E-state index contributed by atoms with van der Waals surface area (Å²) in [6.45, 7) is 1.51. The lowest BCUT2D eigenvalue weighted by Crippen LogP contribution is -2.21. The first kappa shape index (κ1) is 13.3. The van der Waals surface area contributed by atoms with Crippen LogP contribution in [0.25, 0.3) is 0 Å². The average molecular weight is 268 g/mol. The van der Waals surface area contributed by atoms with Crippen LogP contribution in [0.15, 0.2) is 17.8 Å². The van der Waals surface area contributed by atoms with Gasteiger partial charge in [-0.1, -0.05) is 17.7 Å². The fraction of sp³-hybridized carbons (Fsp3) is 0.538. The van der Waals surface area contributed by atoms with E-state index in [0.717, 1.165) is 31.4 Å². The standard InChI is InChI=1S/C13H18ClN3O/c1-16(2)7-8-17-12(11(14)9-15-17)13(18)10-5-3-4-6-10/h5,9H,3-4,6-8H2,1-2H3. The summed E-state index contributed by atoms with van der Waals surface area (Å²) in [4.78, 5) is 14.4. The van der Waals surface area contributed by atoms with Crippen LogP contribution in [0.2, 0.25) is 5.02 Å². The van der Waals surface area contributed by atoms with Crippen LogP contribution < -0.4 is 0 Å². The first-order chi connectivity index (χ1) is 8.59. The maximum atomic E-state index is 12.4. The Hall–Kier alpha value is -1.13. The summed E-state index contributed by atoms with van der Waals surface area (Å²) in [5.74, 6) is 0.0359. The van der Waals surface area contributed by atoms with E-state index in [1.54, 1.807) is 10.9 Å². The second-order valence-electron chi connectivity index (χ2n) is 4.82. The highest BCUT2D eigenvalue weighted by Crippen LogP contribution is 2.25. The monoisotopic (exact) mass is 267 g/mol. The number of nitrogens with zero attached hydrogens (tertiary/aromatic N) is 3. The molecule has 2 rings (SSSR count). The molecule has 0 unspecified atom stereocenters. The minimum Gasteiger partial charge on any atom is -0.308 e. The molecule has 0 radical (unpaired) electrons. The molecule has 1 heterocycles. The Morgan fingerprint density at radius 1 is 1.56 bits per heavy atom. The SMILES string of the molecule is CN(C)CCn1ncc(Cl)c1C(=O)C1=CCCC1. The summed E-state index contributed by atoms with van der Waals surface area (Å²) in [5, 5.41) is 4.64. The number of carbonyl (C=O) groups excluding carboxylic acids is 1. The molecule has 0 aliphatic heterocycles. The van der Waals surface area contributed by atoms with Crippen LogP contribution >= 0.6 is 11.6 Å². The largest absolute Gasteiger partial charge is 0.308 e. The van der Waals surface area contributed by atoms with Gasteiger partial charge in [-0.25, -0.2) is 0 Å². The molecule has 1 aromatic rings. The van der Waals surface area contributed by atoms with Crippen molar-refractivity contribution in [2.45, 2.75) is 25.8 Å². The maximum absolute atomic E-state index is 12.4. The van der Waals surface area contributed by atoms with E-state index in [1.807, 2.05) is 20.2 Å². The van der Waals surface area contributed by atoms with Crippen LogP contribution in [0, 0.1) is 0 Å². The van der Waals surface area contributed by atoms with E-state index in [4.69, 9.17) is 11.6 Å². The fourth-order valence-electron chi connectivity index (χ4n) is 2.08. The lowest BCUT2D eigenvalue weighted by atomic mass is 10.1. The van der Waals surface area contributed by atoms with E-state index < -0.39 is 0 Å². The number of halogens is 1. The third kappa shape index (κ3) is 2.82. The third-order valence-corrected chi connectivity index (χ3v) is 3.38. The van der Waals surface area contributed by atoms with Crippen LogP contribution in [-0.4, -0.2) is 41.1 Å². The Bertz CT molecular complexity index is 477. The molecule has 0 fully saturated rings. The van der Waals surface area contributed by atoms with Gasteiger partial charge in [-0.05, 0) is 38.9 Å². The van der Waals surface area contributed by atoms with Gasteiger partial charge in [0.2, 0.25) is 5.78 Å². The second-order valence-corrected chi connectivity index (χ2v) is 5.23. The first-order valence-electron chi connectivity index (χ1n) is 6.19. The van der Waals surface area contributed by atoms with Crippen molar-refractivity contribution in [3.63, 3.8) is 0 Å². The van der Waals surface area contributed by atoms with Gasteiger partial charge in [0.25, 0.3) is 0 Å². The van der Waals surface area contributed by atoms with Crippen molar-refractivity contribution in [1.82, 2.24) is 14.7 Å². The minimum atomic E-state index is 0.0359. The summed E-state index contributed by atoms with van der Waals surface area (Å²) in [5.41, 5.74) is 1.41. The Labute approximate surface area is 112 Å². The number of carbonyl (C=O) groups is 1. The van der Waals surface area contributed by atoms with Gasteiger partial charge >= 0.3 is 0 Å². The minimum absolute atomic E-state index is 0.0359. The summed E-state index contributed by atoms with van der Waals surface area (Å²) in [7, 11) is 3.98. The molecule has 0 bridgehead atoms. The van der Waals surface area contributed by atoms with Gasteiger partial charge in [0.05, 0.1) is 17.8 Å². The first-order valence-corrected chi connectivity index (χ1v) is 6.57. The van der Waals surface area contributed by atoms with E-state index in [1.165, 1.54) is 0 Å². The van der Waals surface area contributed by atoms with Gasteiger partial charge in [-0.3, -0.25) is 9.48 Å². The van der Waals surface area contributed by atoms with Crippen molar-refractivity contribution in [3.05, 3.63) is 28.6 Å². The number of ketones is 1. The number of hydrogen-bond acceptors (Lipinski definition) is 3. The smallest absolute Gasteiger partial charge is 0.208 e. The lowest BCUT2D eigenvalue weighted by Gasteiger charge is -2.12. The number of allylic oxidation sites excluding steroid dienone is 2. The fourth-order valence-corrected chi connectivity index (χ4v) is 2.31. The highest BCUT2D eigenvalue weighted by molar-refractivity contribution is 6.34. The summed E-state index contributed by atoms with van der Waals surface area (Å²) < 4.78 is 1.71. The average Bonchev–Trinajstić information content (AvgIpc) is 2.94. The van der Waals surface area contributed by atoms with Crippen LogP contribution in [0.4, 0.5) is 0 Å². The van der Waals surface area contributed by atoms with Gasteiger partial charge in [0.1, 0.15) is 5.69 Å².